The summed E-state index contributed by atoms with van der Waals surface area (Å²) in [6, 6.07) is 6.04. The molecule has 0 spiro atoms. The van der Waals surface area contributed by atoms with E-state index < -0.39 is 38.7 Å². The first-order valence-electron chi connectivity index (χ1n) is 25.0. The molecule has 1 rings (SSSR count). The van der Waals surface area contributed by atoms with Crippen LogP contribution in [0.5, 0.6) is 0 Å². The van der Waals surface area contributed by atoms with Gasteiger partial charge in [0.25, 0.3) is 0 Å². The Hall–Kier alpha value is -1.43. The van der Waals surface area contributed by atoms with Gasteiger partial charge in [0.2, 0.25) is 0 Å². The predicted molar refractivity (Wildman–Crippen MR) is 294 cm³/mol. The fourth-order valence-corrected chi connectivity index (χ4v) is 12.4. The van der Waals surface area contributed by atoms with Crippen LogP contribution in [0.2, 0.25) is 72.5 Å². The summed E-state index contributed by atoms with van der Waals surface area (Å²) < 4.78 is 28.7. The normalized spacial score (nSPS) is 17.0. The highest BCUT2D eigenvalue weighted by atomic mass is 28.4. The molecule has 10 heteroatoms. The fourth-order valence-electron chi connectivity index (χ4n) is 7.09. The monoisotopic (exact) mass is 970 g/mol. The van der Waals surface area contributed by atoms with Gasteiger partial charge in [-0.1, -0.05) is 122 Å². The molecule has 6 nitrogen and oxygen atoms in total. The lowest BCUT2D eigenvalue weighted by atomic mass is 9.71. The third kappa shape index (κ3) is 18.4. The van der Waals surface area contributed by atoms with Crippen molar-refractivity contribution in [2.75, 3.05) is 6.61 Å². The Morgan fingerprint density at radius 3 is 1.71 bits per heavy atom. The van der Waals surface area contributed by atoms with Gasteiger partial charge in [0, 0.05) is 30.6 Å². The fraction of sp³-hybridized carbons (Fsp3) is 0.782. The average molecular weight is 971 g/mol. The lowest BCUT2D eigenvalue weighted by Crippen LogP contribution is -2.55. The molecule has 5 unspecified atom stereocenters. The highest BCUT2D eigenvalue weighted by molar-refractivity contribution is 6.75. The number of hydrogen-bond donors (Lipinski definition) is 0. The zero-order chi connectivity index (χ0) is 50.8. The van der Waals surface area contributed by atoms with Crippen molar-refractivity contribution in [3.05, 3.63) is 47.3 Å². The van der Waals surface area contributed by atoms with Gasteiger partial charge in [-0.15, -0.1) is 12.3 Å². The van der Waals surface area contributed by atoms with Gasteiger partial charge in [0.15, 0.2) is 33.3 Å². The van der Waals surface area contributed by atoms with Crippen molar-refractivity contribution in [2.45, 2.75) is 253 Å². The van der Waals surface area contributed by atoms with Crippen LogP contribution in [-0.4, -0.2) is 69.0 Å². The first kappa shape index (κ1) is 61.6. The molecule has 0 bridgehead atoms. The molecule has 0 aliphatic rings. The summed E-state index contributed by atoms with van der Waals surface area (Å²) in [5.74, 6) is 2.89. The molecule has 0 saturated carbocycles. The van der Waals surface area contributed by atoms with Crippen LogP contribution in [0.4, 0.5) is 0 Å². The molecule has 1 heterocycles. The highest BCUT2D eigenvalue weighted by Crippen LogP contribution is 2.46. The summed E-state index contributed by atoms with van der Waals surface area (Å²) in [6.45, 7) is 57.5. The van der Waals surface area contributed by atoms with Gasteiger partial charge in [-0.2, -0.15) is 0 Å². The number of allylic oxidation sites excluding steroid dienone is 1. The van der Waals surface area contributed by atoms with Crippen molar-refractivity contribution >= 4 is 45.1 Å². The molecule has 0 fully saturated rings. The van der Waals surface area contributed by atoms with Crippen LogP contribution < -0.4 is 0 Å². The number of ketones is 1. The molecule has 5 atom stereocenters. The van der Waals surface area contributed by atoms with Crippen molar-refractivity contribution in [3.8, 4) is 12.3 Å². The summed E-state index contributed by atoms with van der Waals surface area (Å²) in [4.78, 5) is 20.2. The minimum Gasteiger partial charge on any atom is -0.417 e. The van der Waals surface area contributed by atoms with Crippen LogP contribution in [-0.2, 0) is 22.5 Å². The molecule has 65 heavy (non-hydrogen) atoms. The third-order valence-electron chi connectivity index (χ3n) is 16.2. The van der Waals surface area contributed by atoms with E-state index in [2.05, 4.69) is 199 Å². The van der Waals surface area contributed by atoms with E-state index in [1.54, 1.807) is 0 Å². The second-order valence-corrected chi connectivity index (χ2v) is 45.3. The predicted octanol–water partition coefficient (Wildman–Crippen LogP) is 16.8. The number of nitrogens with zero attached hydrogens (tertiary/aromatic N) is 1. The van der Waals surface area contributed by atoms with Crippen molar-refractivity contribution in [1.29, 1.82) is 0 Å². The van der Waals surface area contributed by atoms with E-state index in [9.17, 15) is 0 Å². The minimum atomic E-state index is -2.32. The second-order valence-electron chi connectivity index (χ2n) is 26.2. The van der Waals surface area contributed by atoms with E-state index in [0.717, 1.165) is 31.4 Å². The van der Waals surface area contributed by atoms with Crippen LogP contribution in [0.15, 0.2) is 41.6 Å². The number of rotatable bonds is 25. The van der Waals surface area contributed by atoms with Crippen molar-refractivity contribution < 1.29 is 22.5 Å². The van der Waals surface area contributed by atoms with E-state index in [-0.39, 0.29) is 56.1 Å². The quantitative estimate of drug-likeness (QED) is 0.0553. The van der Waals surface area contributed by atoms with Gasteiger partial charge < -0.3 is 17.7 Å². The summed E-state index contributed by atoms with van der Waals surface area (Å²) in [5.41, 5.74) is 2.71. The first-order valence-corrected chi connectivity index (χ1v) is 36.7. The Morgan fingerprint density at radius 1 is 0.723 bits per heavy atom. The van der Waals surface area contributed by atoms with E-state index in [0.29, 0.717) is 25.9 Å². The molecule has 0 saturated heterocycles. The Kier molecular flexibility index (Phi) is 22.7. The molecule has 1 aromatic heterocycles. The molecule has 0 amide bonds. The number of carbonyl (C=O) groups is 1. The SMILES string of the molecule is C#CCCC(C(=O)C(C)(C)C(CCO[Si](C)(C)C(C)(C)C)O[Si](C)(C)C(C)(C)C)C(O[Si](C)(C)C(C)(C)C)C(C)CCCC(C)=CCC(O[Si](C)(C)C(C)(C)C)C(C)=Cc1ccccn1. The van der Waals surface area contributed by atoms with Crippen LogP contribution in [0.1, 0.15) is 168 Å². The number of carbonyl (C=O) groups excluding carboxylic acids is 1. The largest absolute Gasteiger partial charge is 0.417 e. The summed E-state index contributed by atoms with van der Waals surface area (Å²) in [5, 5.41) is 0.143. The molecule has 0 aliphatic heterocycles. The van der Waals surface area contributed by atoms with Gasteiger partial charge in [0.05, 0.1) is 24.0 Å². The molecular weight excluding hydrogens is 867 g/mol. The molecule has 0 aromatic carbocycles. The van der Waals surface area contributed by atoms with E-state index in [1.165, 1.54) is 11.1 Å². The number of hydrogen-bond acceptors (Lipinski definition) is 6. The minimum absolute atomic E-state index is 0.0174. The zero-order valence-corrected chi connectivity index (χ0v) is 51.1. The molecular formula is C55H103NO5Si4. The Balaban J connectivity index is 3.65. The smallest absolute Gasteiger partial charge is 0.192 e. The van der Waals surface area contributed by atoms with Gasteiger partial charge >= 0.3 is 0 Å². The maximum atomic E-state index is 15.7. The van der Waals surface area contributed by atoms with Crippen LogP contribution in [0, 0.1) is 29.6 Å². The van der Waals surface area contributed by atoms with Gasteiger partial charge in [-0.3, -0.25) is 9.78 Å². The highest BCUT2D eigenvalue weighted by Gasteiger charge is 2.51. The number of terminal acetylenes is 1. The third-order valence-corrected chi connectivity index (χ3v) is 34.2. The summed E-state index contributed by atoms with van der Waals surface area (Å²) in [6.07, 6.45) is 17.3. The molecule has 0 N–H and O–H groups in total. The molecule has 0 radical (unpaired) electrons. The summed E-state index contributed by atoms with van der Waals surface area (Å²) in [7, 11) is -8.68. The van der Waals surface area contributed by atoms with Crippen molar-refractivity contribution in [3.63, 3.8) is 0 Å². The molecule has 1 aromatic rings. The first-order chi connectivity index (χ1) is 29.1. The van der Waals surface area contributed by atoms with E-state index in [1.807, 2.05) is 18.3 Å². The lowest BCUT2D eigenvalue weighted by Gasteiger charge is -2.47. The lowest BCUT2D eigenvalue weighted by molar-refractivity contribution is -0.142. The van der Waals surface area contributed by atoms with Gasteiger partial charge in [-0.25, -0.2) is 0 Å². The van der Waals surface area contributed by atoms with Crippen molar-refractivity contribution in [2.24, 2.45) is 17.3 Å². The molecule has 0 aliphatic carbocycles. The molecule has 374 valence electrons. The average Bonchev–Trinajstić information content (AvgIpc) is 3.13. The van der Waals surface area contributed by atoms with E-state index in [4.69, 9.17) is 24.1 Å². The van der Waals surface area contributed by atoms with E-state index >= 15 is 4.79 Å². The Morgan fingerprint density at radius 2 is 1.23 bits per heavy atom. The maximum absolute atomic E-state index is 15.7. The van der Waals surface area contributed by atoms with Gasteiger partial charge in [-0.05, 0) is 155 Å². The maximum Gasteiger partial charge on any atom is 0.192 e. The zero-order valence-electron chi connectivity index (χ0n) is 47.1. The standard InChI is InChI=1S/C55H103NO5Si4/c1-27-28-35-46(50(57)55(17,18)48(60-64(23,24)53(11,12)13)38-40-58-62(19,20)51(5,6)7)49(61-65(25,26)54(14,15)16)43(3)33-31-32-42(2)36-37-47(59-63(21,22)52(8,9)10)44(4)41-45-34-29-30-39-56-45/h1,29-30,34,36,39,41,43,46-49H,28,31-33,35,37-38,40H2,2-26H3. The topological polar surface area (TPSA) is 66.9 Å². The number of aromatic nitrogens is 1. The van der Waals surface area contributed by atoms with Crippen LogP contribution in [0.3, 0.4) is 0 Å². The number of Topliss-reactive ketones (excluding diaryl/α,β-unsaturated/α-hetero) is 1. The summed E-state index contributed by atoms with van der Waals surface area (Å²) >= 11 is 0. The van der Waals surface area contributed by atoms with Crippen molar-refractivity contribution in [1.82, 2.24) is 4.98 Å². The van der Waals surface area contributed by atoms with Crippen LogP contribution in [0.25, 0.3) is 6.08 Å². The Labute approximate surface area is 407 Å². The van der Waals surface area contributed by atoms with Crippen LogP contribution >= 0.6 is 0 Å². The number of pyridine rings is 1. The Bertz CT molecular complexity index is 1730. The van der Waals surface area contributed by atoms with Gasteiger partial charge in [0.1, 0.15) is 5.78 Å². The second kappa shape index (κ2) is 23.9.